The average Bonchev–Trinajstić information content (AvgIpc) is 3.04. The maximum absolute atomic E-state index is 12.8. The van der Waals surface area contributed by atoms with Crippen molar-refractivity contribution in [2.75, 3.05) is 18.4 Å². The van der Waals surface area contributed by atoms with Crippen molar-refractivity contribution in [3.63, 3.8) is 0 Å². The Balaban J connectivity index is 1.76. The number of hydrogen-bond acceptors (Lipinski definition) is 5. The molecule has 28 heavy (non-hydrogen) atoms. The minimum Gasteiger partial charge on any atom is -0.360 e. The molecular formula is C20H27N3O4S. The van der Waals surface area contributed by atoms with Crippen LogP contribution < -0.4 is 5.32 Å². The lowest BCUT2D eigenvalue weighted by Crippen LogP contribution is -2.39. The third-order valence-electron chi connectivity index (χ3n) is 5.01. The van der Waals surface area contributed by atoms with Gasteiger partial charge in [0, 0.05) is 24.7 Å². The highest BCUT2D eigenvalue weighted by Gasteiger charge is 2.28. The van der Waals surface area contributed by atoms with E-state index in [4.69, 9.17) is 4.52 Å². The summed E-state index contributed by atoms with van der Waals surface area (Å²) in [5.41, 5.74) is 1.47. The van der Waals surface area contributed by atoms with Crippen molar-refractivity contribution in [1.29, 1.82) is 0 Å². The van der Waals surface area contributed by atoms with Crippen LogP contribution in [0, 0.1) is 12.8 Å². The maximum atomic E-state index is 12.8. The predicted octanol–water partition coefficient (Wildman–Crippen LogP) is 3.78. The van der Waals surface area contributed by atoms with Gasteiger partial charge in [-0.05, 0) is 49.9 Å². The first-order valence-corrected chi connectivity index (χ1v) is 11.0. The van der Waals surface area contributed by atoms with Gasteiger partial charge in [-0.2, -0.15) is 4.31 Å². The first-order chi connectivity index (χ1) is 13.2. The molecule has 0 aliphatic carbocycles. The molecule has 2 aromatic rings. The van der Waals surface area contributed by atoms with Crippen LogP contribution in [0.25, 0.3) is 0 Å². The molecule has 0 spiro atoms. The molecule has 1 amide bonds. The predicted molar refractivity (Wildman–Crippen MR) is 107 cm³/mol. The Hall–Kier alpha value is -2.19. The second-order valence-electron chi connectivity index (χ2n) is 7.75. The minimum atomic E-state index is -3.51. The van der Waals surface area contributed by atoms with E-state index in [-0.39, 0.29) is 16.7 Å². The van der Waals surface area contributed by atoms with Crippen LogP contribution in [0.3, 0.4) is 0 Å². The van der Waals surface area contributed by atoms with Gasteiger partial charge in [-0.25, -0.2) is 8.42 Å². The molecule has 1 unspecified atom stereocenters. The molecule has 1 aromatic heterocycles. The molecule has 1 N–H and O–H groups in total. The van der Waals surface area contributed by atoms with Gasteiger partial charge in [-0.15, -0.1) is 0 Å². The van der Waals surface area contributed by atoms with Gasteiger partial charge in [0.15, 0.2) is 5.76 Å². The molecule has 1 aliphatic rings. The molecule has 1 aliphatic heterocycles. The fourth-order valence-corrected chi connectivity index (χ4v) is 5.07. The number of rotatable bonds is 5. The smallest absolute Gasteiger partial charge is 0.261 e. The molecular weight excluding hydrogens is 378 g/mol. The lowest BCUT2D eigenvalue weighted by Gasteiger charge is -2.30. The summed E-state index contributed by atoms with van der Waals surface area (Å²) in [5, 5.41) is 6.68. The van der Waals surface area contributed by atoms with Crippen molar-refractivity contribution in [3.05, 3.63) is 41.3 Å². The molecule has 8 heteroatoms. The van der Waals surface area contributed by atoms with Gasteiger partial charge in [0.2, 0.25) is 10.0 Å². The number of aryl methyl sites for hydroxylation is 1. The van der Waals surface area contributed by atoms with Crippen molar-refractivity contribution in [2.24, 2.45) is 5.92 Å². The van der Waals surface area contributed by atoms with E-state index in [0.29, 0.717) is 41.7 Å². The largest absolute Gasteiger partial charge is 0.360 e. The van der Waals surface area contributed by atoms with Crippen molar-refractivity contribution >= 4 is 21.6 Å². The quantitative estimate of drug-likeness (QED) is 0.817. The van der Waals surface area contributed by atoms with Crippen molar-refractivity contribution in [3.8, 4) is 0 Å². The van der Waals surface area contributed by atoms with Gasteiger partial charge in [0.25, 0.3) is 5.91 Å². The van der Waals surface area contributed by atoms with Crippen LogP contribution in [0.15, 0.2) is 33.7 Å². The van der Waals surface area contributed by atoms with E-state index >= 15 is 0 Å². The van der Waals surface area contributed by atoms with E-state index < -0.39 is 10.0 Å². The lowest BCUT2D eigenvalue weighted by molar-refractivity contribution is 0.102. The van der Waals surface area contributed by atoms with E-state index in [1.165, 1.54) is 12.1 Å². The number of hydrogen-bond donors (Lipinski definition) is 1. The number of carbonyl (C=O) groups excluding carboxylic acids is 1. The molecule has 1 atom stereocenters. The summed E-state index contributed by atoms with van der Waals surface area (Å²) in [6, 6.07) is 6.29. The zero-order valence-corrected chi connectivity index (χ0v) is 17.5. The number of aromatic nitrogens is 1. The number of sulfonamides is 1. The Morgan fingerprint density at radius 3 is 2.57 bits per heavy atom. The first kappa shape index (κ1) is 20.5. The average molecular weight is 406 g/mol. The molecule has 0 bridgehead atoms. The van der Waals surface area contributed by atoms with Crippen LogP contribution in [-0.2, 0) is 10.0 Å². The summed E-state index contributed by atoms with van der Waals surface area (Å²) in [6.07, 6.45) is 1.93. The minimum absolute atomic E-state index is 0.0291. The summed E-state index contributed by atoms with van der Waals surface area (Å²) in [4.78, 5) is 12.9. The summed E-state index contributed by atoms with van der Waals surface area (Å²) >= 11 is 0. The van der Waals surface area contributed by atoms with Crippen molar-refractivity contribution in [2.45, 2.75) is 51.3 Å². The first-order valence-electron chi connectivity index (χ1n) is 9.58. The summed E-state index contributed by atoms with van der Waals surface area (Å²) in [5.74, 6) is 0.613. The Morgan fingerprint density at radius 2 is 1.96 bits per heavy atom. The van der Waals surface area contributed by atoms with Gasteiger partial charge in [0.1, 0.15) is 5.56 Å². The number of carbonyl (C=O) groups is 1. The molecule has 2 heterocycles. The lowest BCUT2D eigenvalue weighted by atomic mass is 10.0. The van der Waals surface area contributed by atoms with E-state index in [1.54, 1.807) is 23.4 Å². The molecule has 1 aromatic carbocycles. The van der Waals surface area contributed by atoms with Crippen LogP contribution in [0.5, 0.6) is 0 Å². The zero-order chi connectivity index (χ0) is 20.5. The standard InChI is InChI=1S/C20H27N3O4S/c1-13(2)19-18(15(4)22-27-19)20(24)21-16-7-9-17(10-8-16)28(25,26)23-11-5-6-14(3)12-23/h7-10,13-14H,5-6,11-12H2,1-4H3,(H,21,24). The Morgan fingerprint density at radius 1 is 1.29 bits per heavy atom. The third-order valence-corrected chi connectivity index (χ3v) is 6.89. The summed E-state index contributed by atoms with van der Waals surface area (Å²) in [6.45, 7) is 8.75. The molecule has 0 saturated carbocycles. The number of anilines is 1. The molecule has 152 valence electrons. The van der Waals surface area contributed by atoms with Crippen LogP contribution in [0.4, 0.5) is 5.69 Å². The highest BCUT2D eigenvalue weighted by molar-refractivity contribution is 7.89. The Kier molecular flexibility index (Phi) is 5.90. The van der Waals surface area contributed by atoms with Gasteiger partial charge in [-0.1, -0.05) is 25.9 Å². The Labute approximate surface area is 166 Å². The Bertz CT molecular complexity index is 948. The molecule has 0 radical (unpaired) electrons. The van der Waals surface area contributed by atoms with Crippen molar-refractivity contribution < 1.29 is 17.7 Å². The second kappa shape index (κ2) is 8.05. The van der Waals surface area contributed by atoms with Crippen LogP contribution in [-0.4, -0.2) is 36.9 Å². The SMILES string of the molecule is Cc1noc(C(C)C)c1C(=O)Nc1ccc(S(=O)(=O)N2CCCC(C)C2)cc1. The third kappa shape index (κ3) is 4.12. The number of piperidine rings is 1. The topological polar surface area (TPSA) is 92.5 Å². The zero-order valence-electron chi connectivity index (χ0n) is 16.7. The fraction of sp³-hybridized carbons (Fsp3) is 0.500. The van der Waals surface area contributed by atoms with Gasteiger partial charge >= 0.3 is 0 Å². The normalized spacial score (nSPS) is 18.4. The number of nitrogens with one attached hydrogen (secondary N) is 1. The summed E-state index contributed by atoms with van der Waals surface area (Å²) < 4.78 is 32.5. The molecule has 3 rings (SSSR count). The monoisotopic (exact) mass is 405 g/mol. The van der Waals surface area contributed by atoms with E-state index in [1.807, 2.05) is 13.8 Å². The molecule has 1 fully saturated rings. The summed E-state index contributed by atoms with van der Waals surface area (Å²) in [7, 11) is -3.51. The van der Waals surface area contributed by atoms with E-state index in [0.717, 1.165) is 12.8 Å². The van der Waals surface area contributed by atoms with Crippen LogP contribution in [0.2, 0.25) is 0 Å². The highest BCUT2D eigenvalue weighted by atomic mass is 32.2. The fourth-order valence-electron chi connectivity index (χ4n) is 3.48. The van der Waals surface area contributed by atoms with Gasteiger partial charge in [-0.3, -0.25) is 4.79 Å². The number of nitrogens with zero attached hydrogens (tertiary/aromatic N) is 2. The van der Waals surface area contributed by atoms with Gasteiger partial charge in [0.05, 0.1) is 10.6 Å². The maximum Gasteiger partial charge on any atom is 0.261 e. The number of benzene rings is 1. The second-order valence-corrected chi connectivity index (χ2v) is 9.69. The van der Waals surface area contributed by atoms with Crippen LogP contribution in [0.1, 0.15) is 61.3 Å². The van der Waals surface area contributed by atoms with Crippen molar-refractivity contribution in [1.82, 2.24) is 9.46 Å². The van der Waals surface area contributed by atoms with Crippen LogP contribution >= 0.6 is 0 Å². The molecule has 1 saturated heterocycles. The highest BCUT2D eigenvalue weighted by Crippen LogP contribution is 2.26. The van der Waals surface area contributed by atoms with Gasteiger partial charge < -0.3 is 9.84 Å². The molecule has 7 nitrogen and oxygen atoms in total. The van der Waals surface area contributed by atoms with E-state index in [9.17, 15) is 13.2 Å². The number of amides is 1. The van der Waals surface area contributed by atoms with E-state index in [2.05, 4.69) is 17.4 Å².